The van der Waals surface area contributed by atoms with E-state index in [4.69, 9.17) is 0 Å². The molecule has 1 heterocycles. The lowest BCUT2D eigenvalue weighted by molar-refractivity contribution is -0.121. The van der Waals surface area contributed by atoms with Gasteiger partial charge >= 0.3 is 0 Å². The fourth-order valence-corrected chi connectivity index (χ4v) is 2.67. The van der Waals surface area contributed by atoms with Gasteiger partial charge in [0.15, 0.2) is 0 Å². The summed E-state index contributed by atoms with van der Waals surface area (Å²) in [6.45, 7) is 3.68. The van der Waals surface area contributed by atoms with Crippen molar-refractivity contribution in [2.75, 3.05) is 33.2 Å². The molecule has 0 aliphatic carbocycles. The van der Waals surface area contributed by atoms with Gasteiger partial charge in [0.1, 0.15) is 0 Å². The molecule has 1 amide bonds. The van der Waals surface area contributed by atoms with E-state index in [1.807, 2.05) is 0 Å². The third kappa shape index (κ3) is 6.46. The Kier molecular flexibility index (Phi) is 8.35. The Labute approximate surface area is 133 Å². The van der Waals surface area contributed by atoms with Crippen LogP contribution in [0, 0.1) is 0 Å². The number of nitrogens with one attached hydrogen (secondary N) is 2. The molecule has 1 aromatic carbocycles. The minimum atomic E-state index is 0. The molecule has 0 unspecified atom stereocenters. The molecule has 1 saturated heterocycles. The van der Waals surface area contributed by atoms with Crippen molar-refractivity contribution in [1.82, 2.24) is 15.5 Å². The van der Waals surface area contributed by atoms with Crippen LogP contribution in [0.1, 0.15) is 18.4 Å². The Bertz CT molecular complexity index is 405. The lowest BCUT2D eigenvalue weighted by Gasteiger charge is -2.32. The molecule has 21 heavy (non-hydrogen) atoms. The van der Waals surface area contributed by atoms with Gasteiger partial charge in [-0.2, -0.15) is 0 Å². The first-order valence-corrected chi connectivity index (χ1v) is 7.48. The number of hydrogen-bond donors (Lipinski definition) is 2. The van der Waals surface area contributed by atoms with E-state index in [1.165, 1.54) is 5.56 Å². The van der Waals surface area contributed by atoms with Crippen molar-refractivity contribution in [3.63, 3.8) is 0 Å². The van der Waals surface area contributed by atoms with E-state index >= 15 is 0 Å². The van der Waals surface area contributed by atoms with Gasteiger partial charge in [-0.15, -0.1) is 12.4 Å². The van der Waals surface area contributed by atoms with Crippen LogP contribution < -0.4 is 10.6 Å². The van der Waals surface area contributed by atoms with Crippen LogP contribution in [0.4, 0.5) is 0 Å². The monoisotopic (exact) mass is 311 g/mol. The molecule has 0 atom stereocenters. The van der Waals surface area contributed by atoms with E-state index in [0.29, 0.717) is 12.6 Å². The van der Waals surface area contributed by atoms with E-state index in [2.05, 4.69) is 45.9 Å². The minimum absolute atomic E-state index is 0. The van der Waals surface area contributed by atoms with Gasteiger partial charge in [0.2, 0.25) is 5.91 Å². The summed E-state index contributed by atoms with van der Waals surface area (Å²) >= 11 is 0. The lowest BCUT2D eigenvalue weighted by atomic mass is 10.0. The van der Waals surface area contributed by atoms with E-state index < -0.39 is 0 Å². The summed E-state index contributed by atoms with van der Waals surface area (Å²) in [5, 5.41) is 5.97. The zero-order chi connectivity index (χ0) is 14.2. The Balaban J connectivity index is 0.00000220. The van der Waals surface area contributed by atoms with Crippen LogP contribution in [0.2, 0.25) is 0 Å². The lowest BCUT2D eigenvalue weighted by Crippen LogP contribution is -2.46. The summed E-state index contributed by atoms with van der Waals surface area (Å²) in [5.74, 6) is 0.107. The predicted octanol–water partition coefficient (Wildman–Crippen LogP) is 1.45. The van der Waals surface area contributed by atoms with Gasteiger partial charge < -0.3 is 15.5 Å². The number of nitrogens with zero attached hydrogens (tertiary/aromatic N) is 1. The van der Waals surface area contributed by atoms with Crippen LogP contribution in [-0.4, -0.2) is 50.1 Å². The van der Waals surface area contributed by atoms with Crippen molar-refractivity contribution in [2.45, 2.75) is 25.3 Å². The highest BCUT2D eigenvalue weighted by atomic mass is 35.5. The quantitative estimate of drug-likeness (QED) is 0.836. The molecule has 0 bridgehead atoms. The maximum absolute atomic E-state index is 11.5. The SMILES string of the molecule is CNCC(=O)NC1CCN(CCc2ccccc2)CC1.Cl. The van der Waals surface area contributed by atoms with Crippen LogP contribution in [0.5, 0.6) is 0 Å². The van der Waals surface area contributed by atoms with Gasteiger partial charge in [-0.3, -0.25) is 4.79 Å². The Morgan fingerprint density at radius 2 is 1.90 bits per heavy atom. The number of carbonyl (C=O) groups is 1. The minimum Gasteiger partial charge on any atom is -0.352 e. The van der Waals surface area contributed by atoms with Gasteiger partial charge in [-0.25, -0.2) is 0 Å². The molecular weight excluding hydrogens is 286 g/mol. The molecule has 2 rings (SSSR count). The number of halogens is 1. The fraction of sp³-hybridized carbons (Fsp3) is 0.562. The molecule has 1 aliphatic rings. The van der Waals surface area contributed by atoms with Crippen LogP contribution in [0.15, 0.2) is 30.3 Å². The summed E-state index contributed by atoms with van der Waals surface area (Å²) in [5.41, 5.74) is 1.40. The first-order valence-electron chi connectivity index (χ1n) is 7.48. The van der Waals surface area contributed by atoms with Crippen molar-refractivity contribution in [2.24, 2.45) is 0 Å². The largest absolute Gasteiger partial charge is 0.352 e. The average molecular weight is 312 g/mol. The molecule has 0 saturated carbocycles. The summed E-state index contributed by atoms with van der Waals surface area (Å²) in [6.07, 6.45) is 3.23. The van der Waals surface area contributed by atoms with Crippen molar-refractivity contribution >= 4 is 18.3 Å². The van der Waals surface area contributed by atoms with Crippen LogP contribution in [-0.2, 0) is 11.2 Å². The summed E-state index contributed by atoms with van der Waals surface area (Å²) in [4.78, 5) is 14.0. The first-order chi connectivity index (χ1) is 9.78. The van der Waals surface area contributed by atoms with Crippen LogP contribution >= 0.6 is 12.4 Å². The van der Waals surface area contributed by atoms with Gasteiger partial charge in [-0.1, -0.05) is 30.3 Å². The highest BCUT2D eigenvalue weighted by molar-refractivity contribution is 5.85. The van der Waals surface area contributed by atoms with Crippen molar-refractivity contribution in [1.29, 1.82) is 0 Å². The number of benzene rings is 1. The molecule has 0 aromatic heterocycles. The molecule has 0 radical (unpaired) electrons. The zero-order valence-corrected chi connectivity index (χ0v) is 13.5. The summed E-state index contributed by atoms with van der Waals surface area (Å²) < 4.78 is 0. The third-order valence-electron chi connectivity index (χ3n) is 3.85. The maximum Gasteiger partial charge on any atom is 0.234 e. The zero-order valence-electron chi connectivity index (χ0n) is 12.7. The average Bonchev–Trinajstić information content (AvgIpc) is 2.48. The number of hydrogen-bond acceptors (Lipinski definition) is 3. The standard InChI is InChI=1S/C16H25N3O.ClH/c1-17-13-16(20)18-15-8-11-19(12-9-15)10-7-14-5-3-2-4-6-14;/h2-6,15,17H,7-13H2,1H3,(H,18,20);1H. The number of carbonyl (C=O) groups excluding carboxylic acids is 1. The molecular formula is C16H26ClN3O. The van der Waals surface area contributed by atoms with Crippen molar-refractivity contribution < 1.29 is 4.79 Å². The Hall–Kier alpha value is -1.10. The smallest absolute Gasteiger partial charge is 0.234 e. The van der Waals surface area contributed by atoms with Crippen LogP contribution in [0.25, 0.3) is 0 Å². The van der Waals surface area contributed by atoms with Gasteiger partial charge in [-0.05, 0) is 31.9 Å². The maximum atomic E-state index is 11.5. The van der Waals surface area contributed by atoms with Gasteiger partial charge in [0.25, 0.3) is 0 Å². The first kappa shape index (κ1) is 18.0. The second-order valence-corrected chi connectivity index (χ2v) is 5.45. The van der Waals surface area contributed by atoms with Gasteiger partial charge in [0, 0.05) is 25.7 Å². The Morgan fingerprint density at radius 3 is 2.52 bits per heavy atom. The number of likely N-dealkylation sites (N-methyl/N-ethyl adjacent to an activating group) is 1. The normalized spacial score (nSPS) is 16.2. The topological polar surface area (TPSA) is 44.4 Å². The highest BCUT2D eigenvalue weighted by Gasteiger charge is 2.19. The molecule has 2 N–H and O–H groups in total. The van der Waals surface area contributed by atoms with Crippen molar-refractivity contribution in [3.8, 4) is 0 Å². The van der Waals surface area contributed by atoms with E-state index in [1.54, 1.807) is 7.05 Å². The molecule has 1 fully saturated rings. The molecule has 4 nitrogen and oxygen atoms in total. The van der Waals surface area contributed by atoms with Gasteiger partial charge in [0.05, 0.1) is 6.54 Å². The fourth-order valence-electron chi connectivity index (χ4n) is 2.67. The molecule has 118 valence electrons. The summed E-state index contributed by atoms with van der Waals surface area (Å²) in [6, 6.07) is 11.0. The Morgan fingerprint density at radius 1 is 1.24 bits per heavy atom. The number of rotatable bonds is 6. The molecule has 0 spiro atoms. The number of likely N-dealkylation sites (tertiary alicyclic amines) is 1. The van der Waals surface area contributed by atoms with E-state index in [0.717, 1.165) is 38.9 Å². The third-order valence-corrected chi connectivity index (χ3v) is 3.85. The van der Waals surface area contributed by atoms with Crippen LogP contribution in [0.3, 0.4) is 0 Å². The molecule has 1 aromatic rings. The predicted molar refractivity (Wildman–Crippen MR) is 88.9 cm³/mol. The number of piperidine rings is 1. The second kappa shape index (κ2) is 9.77. The second-order valence-electron chi connectivity index (χ2n) is 5.45. The molecule has 5 heteroatoms. The highest BCUT2D eigenvalue weighted by Crippen LogP contribution is 2.11. The molecule has 1 aliphatic heterocycles. The number of amides is 1. The van der Waals surface area contributed by atoms with Crippen molar-refractivity contribution in [3.05, 3.63) is 35.9 Å². The van der Waals surface area contributed by atoms with E-state index in [9.17, 15) is 4.79 Å². The summed E-state index contributed by atoms with van der Waals surface area (Å²) in [7, 11) is 1.80. The van der Waals surface area contributed by atoms with E-state index in [-0.39, 0.29) is 18.3 Å².